The second-order valence-corrected chi connectivity index (χ2v) is 5.97. The number of nitrogens with two attached hydrogens (primary N) is 1. The van der Waals surface area contributed by atoms with Crippen molar-refractivity contribution in [3.63, 3.8) is 0 Å². The number of hydrogen-bond donors (Lipinski definition) is 1. The summed E-state index contributed by atoms with van der Waals surface area (Å²) in [4.78, 5) is 1.40. The molecule has 0 spiro atoms. The highest BCUT2D eigenvalue weighted by Gasteiger charge is 2.01. The highest BCUT2D eigenvalue weighted by Crippen LogP contribution is 2.30. The van der Waals surface area contributed by atoms with Crippen molar-refractivity contribution in [1.29, 1.82) is 0 Å². The van der Waals surface area contributed by atoms with E-state index < -0.39 is 0 Å². The maximum Gasteiger partial charge on any atom is 0.0603 e. The third kappa shape index (κ3) is 3.17. The van der Waals surface area contributed by atoms with E-state index in [1.807, 2.05) is 23.1 Å². The Labute approximate surface area is 82.4 Å². The molecule has 0 aliphatic heterocycles. The van der Waals surface area contributed by atoms with E-state index in [0.29, 0.717) is 5.25 Å². The molecule has 1 aromatic rings. The van der Waals surface area contributed by atoms with E-state index in [9.17, 15) is 0 Å². The monoisotopic (exact) mass is 201 g/mol. The Kier molecular flexibility index (Phi) is 4.12. The minimum absolute atomic E-state index is 0.675. The van der Waals surface area contributed by atoms with E-state index in [2.05, 4.69) is 26.0 Å². The molecule has 1 rings (SSSR count). The van der Waals surface area contributed by atoms with E-state index in [1.165, 1.54) is 9.09 Å². The predicted molar refractivity (Wildman–Crippen MR) is 58.1 cm³/mol. The summed E-state index contributed by atoms with van der Waals surface area (Å²) in [6, 6.07) is 4.38. The molecule has 0 atom stereocenters. The summed E-state index contributed by atoms with van der Waals surface area (Å²) in [6.07, 6.45) is 1.02. The zero-order valence-corrected chi connectivity index (χ0v) is 9.17. The first-order valence-corrected chi connectivity index (χ1v) is 5.87. The van der Waals surface area contributed by atoms with Crippen LogP contribution >= 0.6 is 23.1 Å². The van der Waals surface area contributed by atoms with Gasteiger partial charge in [-0.3, -0.25) is 0 Å². The van der Waals surface area contributed by atoms with Gasteiger partial charge >= 0.3 is 0 Å². The van der Waals surface area contributed by atoms with Crippen LogP contribution in [0.1, 0.15) is 18.7 Å². The average Bonchev–Trinajstić information content (AvgIpc) is 2.36. The van der Waals surface area contributed by atoms with Crippen LogP contribution in [-0.2, 0) is 6.42 Å². The van der Waals surface area contributed by atoms with E-state index in [1.54, 1.807) is 0 Å². The molecule has 2 N–H and O–H groups in total. The lowest BCUT2D eigenvalue weighted by molar-refractivity contribution is 0.989. The van der Waals surface area contributed by atoms with Gasteiger partial charge in [-0.2, -0.15) is 0 Å². The quantitative estimate of drug-likeness (QED) is 0.758. The van der Waals surface area contributed by atoms with Crippen molar-refractivity contribution >= 4 is 23.1 Å². The molecule has 0 fully saturated rings. The van der Waals surface area contributed by atoms with Crippen molar-refractivity contribution in [3.8, 4) is 0 Å². The Morgan fingerprint density at radius 1 is 1.50 bits per heavy atom. The summed E-state index contributed by atoms with van der Waals surface area (Å²) in [6.45, 7) is 5.19. The van der Waals surface area contributed by atoms with Crippen LogP contribution < -0.4 is 5.73 Å². The van der Waals surface area contributed by atoms with Gasteiger partial charge in [0.05, 0.1) is 4.21 Å². The van der Waals surface area contributed by atoms with Gasteiger partial charge in [0.1, 0.15) is 0 Å². The van der Waals surface area contributed by atoms with E-state index in [-0.39, 0.29) is 0 Å². The summed E-state index contributed by atoms with van der Waals surface area (Å²) in [5.41, 5.74) is 5.47. The molecule has 1 aromatic heterocycles. The van der Waals surface area contributed by atoms with Gasteiger partial charge < -0.3 is 5.73 Å². The van der Waals surface area contributed by atoms with Crippen LogP contribution in [-0.4, -0.2) is 11.8 Å². The first-order chi connectivity index (χ1) is 5.72. The largest absolute Gasteiger partial charge is 0.330 e. The fourth-order valence-electron chi connectivity index (χ4n) is 0.931. The first kappa shape index (κ1) is 10.1. The highest BCUT2D eigenvalue weighted by atomic mass is 32.2. The van der Waals surface area contributed by atoms with Gasteiger partial charge in [0, 0.05) is 10.1 Å². The molecule has 0 amide bonds. The molecule has 1 heterocycles. The van der Waals surface area contributed by atoms with Crippen molar-refractivity contribution < 1.29 is 0 Å². The molecule has 0 aliphatic rings. The van der Waals surface area contributed by atoms with Crippen molar-refractivity contribution in [2.75, 3.05) is 6.54 Å². The standard InChI is InChI=1S/C9H15NS2/c1-7(2)11-9-4-3-8(12-9)5-6-10/h3-4,7H,5-6,10H2,1-2H3. The smallest absolute Gasteiger partial charge is 0.0603 e. The fraction of sp³-hybridized carbons (Fsp3) is 0.556. The van der Waals surface area contributed by atoms with Crippen LogP contribution in [0, 0.1) is 0 Å². The van der Waals surface area contributed by atoms with Gasteiger partial charge in [-0.1, -0.05) is 13.8 Å². The van der Waals surface area contributed by atoms with Crippen LogP contribution in [0.4, 0.5) is 0 Å². The van der Waals surface area contributed by atoms with Crippen molar-refractivity contribution in [3.05, 3.63) is 17.0 Å². The van der Waals surface area contributed by atoms with Crippen LogP contribution in [0.2, 0.25) is 0 Å². The third-order valence-corrected chi connectivity index (χ3v) is 3.70. The molecule has 12 heavy (non-hydrogen) atoms. The Morgan fingerprint density at radius 3 is 2.83 bits per heavy atom. The molecule has 0 aliphatic carbocycles. The van der Waals surface area contributed by atoms with Crippen LogP contribution in [0.25, 0.3) is 0 Å². The zero-order valence-electron chi connectivity index (χ0n) is 7.54. The fourth-order valence-corrected chi connectivity index (χ4v) is 3.38. The molecule has 0 saturated heterocycles. The number of hydrogen-bond acceptors (Lipinski definition) is 3. The first-order valence-electron chi connectivity index (χ1n) is 4.18. The summed E-state index contributed by atoms with van der Waals surface area (Å²) >= 11 is 3.79. The minimum atomic E-state index is 0.675. The average molecular weight is 201 g/mol. The Balaban J connectivity index is 2.52. The summed E-state index contributed by atoms with van der Waals surface area (Å²) in [7, 11) is 0. The number of thiophene rings is 1. The molecule has 0 bridgehead atoms. The van der Waals surface area contributed by atoms with Crippen molar-refractivity contribution in [2.45, 2.75) is 29.7 Å². The molecule has 0 unspecified atom stereocenters. The molecule has 0 aromatic carbocycles. The summed E-state index contributed by atoms with van der Waals surface area (Å²) < 4.78 is 1.41. The summed E-state index contributed by atoms with van der Waals surface area (Å²) in [5.74, 6) is 0. The van der Waals surface area contributed by atoms with Crippen LogP contribution in [0.3, 0.4) is 0 Å². The highest BCUT2D eigenvalue weighted by molar-refractivity contribution is 8.01. The Hall–Kier alpha value is 0.01000. The lowest BCUT2D eigenvalue weighted by Gasteiger charge is -1.99. The topological polar surface area (TPSA) is 26.0 Å². The Bertz CT molecular complexity index is 230. The van der Waals surface area contributed by atoms with E-state index >= 15 is 0 Å². The second-order valence-electron chi connectivity index (χ2n) is 2.93. The van der Waals surface area contributed by atoms with Gasteiger partial charge in [0.15, 0.2) is 0 Å². The zero-order chi connectivity index (χ0) is 8.97. The minimum Gasteiger partial charge on any atom is -0.330 e. The Morgan fingerprint density at radius 2 is 2.25 bits per heavy atom. The lowest BCUT2D eigenvalue weighted by Crippen LogP contribution is -2.00. The molecule has 68 valence electrons. The van der Waals surface area contributed by atoms with Gasteiger partial charge in [0.2, 0.25) is 0 Å². The van der Waals surface area contributed by atoms with Gasteiger partial charge in [-0.25, -0.2) is 0 Å². The maximum atomic E-state index is 5.47. The van der Waals surface area contributed by atoms with Crippen LogP contribution in [0.15, 0.2) is 16.3 Å². The maximum absolute atomic E-state index is 5.47. The van der Waals surface area contributed by atoms with Gasteiger partial charge in [-0.15, -0.1) is 23.1 Å². The molecule has 0 radical (unpaired) electrons. The molecule has 3 heteroatoms. The molecule has 0 saturated carbocycles. The predicted octanol–water partition coefficient (Wildman–Crippen LogP) is 2.75. The van der Waals surface area contributed by atoms with E-state index in [4.69, 9.17) is 5.73 Å². The second kappa shape index (κ2) is 4.90. The third-order valence-electron chi connectivity index (χ3n) is 1.38. The van der Waals surface area contributed by atoms with Gasteiger partial charge in [-0.05, 0) is 25.1 Å². The van der Waals surface area contributed by atoms with Gasteiger partial charge in [0.25, 0.3) is 0 Å². The van der Waals surface area contributed by atoms with Crippen molar-refractivity contribution in [2.24, 2.45) is 5.73 Å². The van der Waals surface area contributed by atoms with Crippen LogP contribution in [0.5, 0.6) is 0 Å². The van der Waals surface area contributed by atoms with E-state index in [0.717, 1.165) is 13.0 Å². The number of thioether (sulfide) groups is 1. The number of rotatable bonds is 4. The van der Waals surface area contributed by atoms with Crippen molar-refractivity contribution in [1.82, 2.24) is 0 Å². The SMILES string of the molecule is CC(C)Sc1ccc(CCN)s1. The summed E-state index contributed by atoms with van der Waals surface area (Å²) in [5, 5.41) is 0.675. The molecular weight excluding hydrogens is 186 g/mol. The molecule has 1 nitrogen and oxygen atoms in total. The lowest BCUT2D eigenvalue weighted by atomic mass is 10.3. The molecular formula is C9H15NS2. The normalized spacial score (nSPS) is 11.0.